The molecule has 1 saturated carbocycles. The van der Waals surface area contributed by atoms with Gasteiger partial charge in [-0.2, -0.15) is 8.42 Å². The fourth-order valence-corrected chi connectivity index (χ4v) is 4.33. The van der Waals surface area contributed by atoms with Crippen LogP contribution in [0, 0.1) is 5.92 Å². The number of hydrogen-bond donors (Lipinski definition) is 1. The lowest BCUT2D eigenvalue weighted by Crippen LogP contribution is -2.47. The highest BCUT2D eigenvalue weighted by atomic mass is 35.5. The smallest absolute Gasteiger partial charge is 0.263 e. The molecule has 3 rings (SSSR count). The van der Waals surface area contributed by atoms with Gasteiger partial charge >= 0.3 is 0 Å². The number of rotatable bonds is 1. The van der Waals surface area contributed by atoms with Gasteiger partial charge in [0.1, 0.15) is 10.7 Å². The lowest BCUT2D eigenvalue weighted by molar-refractivity contribution is 0.408. The Morgan fingerprint density at radius 3 is 2.58 bits per heavy atom. The van der Waals surface area contributed by atoms with Crippen molar-refractivity contribution in [3.05, 3.63) is 22.2 Å². The summed E-state index contributed by atoms with van der Waals surface area (Å²) < 4.78 is 28.2. The molecule has 8 heteroatoms. The summed E-state index contributed by atoms with van der Waals surface area (Å²) in [5, 5.41) is 1.66. The fourth-order valence-electron chi connectivity index (χ4n) is 2.25. The van der Waals surface area contributed by atoms with E-state index in [9.17, 15) is 8.42 Å². The highest BCUT2D eigenvalue weighted by Gasteiger charge is 2.37. The van der Waals surface area contributed by atoms with E-state index in [1.807, 2.05) is 0 Å². The molecule has 0 bridgehead atoms. The molecule has 0 aromatic heterocycles. The number of amidine groups is 1. The Labute approximate surface area is 121 Å². The molecule has 0 spiro atoms. The summed E-state index contributed by atoms with van der Waals surface area (Å²) in [5.74, 6) is 6.44. The summed E-state index contributed by atoms with van der Waals surface area (Å²) in [7, 11) is -3.82. The van der Waals surface area contributed by atoms with E-state index < -0.39 is 10.0 Å². The van der Waals surface area contributed by atoms with Crippen LogP contribution in [0.1, 0.15) is 19.3 Å². The fraction of sp³-hybridized carbons (Fsp3) is 0.364. The van der Waals surface area contributed by atoms with Crippen molar-refractivity contribution in [1.29, 1.82) is 0 Å². The van der Waals surface area contributed by atoms with E-state index in [2.05, 4.69) is 4.40 Å². The maximum Gasteiger partial charge on any atom is 0.287 e. The normalized spacial score (nSPS) is 21.6. The summed E-state index contributed by atoms with van der Waals surface area (Å²) in [6.07, 6.45) is 2.85. The first-order chi connectivity index (χ1) is 8.90. The Morgan fingerprint density at radius 1 is 1.32 bits per heavy atom. The number of nitrogens with zero attached hydrogens (tertiary/aromatic N) is 2. The topological polar surface area (TPSA) is 75.8 Å². The maximum atomic E-state index is 12.2. The second-order valence-corrected chi connectivity index (χ2v) is 7.04. The van der Waals surface area contributed by atoms with Crippen LogP contribution in [0.15, 0.2) is 21.4 Å². The summed E-state index contributed by atoms with van der Waals surface area (Å²) in [4.78, 5) is -0.0795. The van der Waals surface area contributed by atoms with E-state index in [4.69, 9.17) is 29.0 Å². The van der Waals surface area contributed by atoms with Crippen LogP contribution >= 0.6 is 23.2 Å². The van der Waals surface area contributed by atoms with E-state index in [-0.39, 0.29) is 21.5 Å². The van der Waals surface area contributed by atoms with Gasteiger partial charge in [-0.3, -0.25) is 5.01 Å². The number of hydrazine groups is 1. The van der Waals surface area contributed by atoms with Gasteiger partial charge in [0.2, 0.25) is 0 Å². The number of hydrogen-bond acceptors (Lipinski definition) is 4. The van der Waals surface area contributed by atoms with E-state index in [0.29, 0.717) is 10.9 Å². The minimum atomic E-state index is -3.82. The third-order valence-electron chi connectivity index (χ3n) is 3.44. The first-order valence-corrected chi connectivity index (χ1v) is 7.98. The van der Waals surface area contributed by atoms with Crippen molar-refractivity contribution in [2.75, 3.05) is 5.01 Å². The molecule has 0 atom stereocenters. The quantitative estimate of drug-likeness (QED) is 0.807. The van der Waals surface area contributed by atoms with E-state index in [0.717, 1.165) is 19.3 Å². The zero-order chi connectivity index (χ0) is 13.8. The summed E-state index contributed by atoms with van der Waals surface area (Å²) in [6, 6.07) is 2.87. The standard InChI is InChI=1S/C11H11Cl2N3O2S/c12-7-4-8(13)10-9(5-7)16(14)11(6-2-1-3-6)15-19(10,17)18/h4-6H,1-3,14H2. The Morgan fingerprint density at radius 2 is 2.00 bits per heavy atom. The first-order valence-electron chi connectivity index (χ1n) is 5.79. The maximum absolute atomic E-state index is 12.2. The van der Waals surface area contributed by atoms with Gasteiger partial charge < -0.3 is 0 Å². The molecule has 0 amide bonds. The van der Waals surface area contributed by atoms with Crippen molar-refractivity contribution in [3.8, 4) is 0 Å². The number of fused-ring (bicyclic) bond motifs is 1. The number of benzene rings is 1. The van der Waals surface area contributed by atoms with Crippen LogP contribution in [-0.4, -0.2) is 14.3 Å². The molecule has 0 radical (unpaired) electrons. The van der Waals surface area contributed by atoms with Crippen LogP contribution in [0.3, 0.4) is 0 Å². The highest BCUT2D eigenvalue weighted by molar-refractivity contribution is 7.90. The zero-order valence-electron chi connectivity index (χ0n) is 9.81. The molecule has 5 nitrogen and oxygen atoms in total. The number of sulfonamides is 1. The second-order valence-electron chi connectivity index (χ2n) is 4.66. The Kier molecular flexibility index (Phi) is 3.01. The average Bonchev–Trinajstić information content (AvgIpc) is 2.21. The van der Waals surface area contributed by atoms with Crippen LogP contribution in [0.2, 0.25) is 10.0 Å². The molecule has 2 aliphatic rings. The second kappa shape index (κ2) is 4.34. The van der Waals surface area contributed by atoms with Crippen LogP contribution in [-0.2, 0) is 10.0 Å². The molecule has 1 aromatic rings. The third kappa shape index (κ3) is 2.03. The van der Waals surface area contributed by atoms with Crippen LogP contribution < -0.4 is 10.9 Å². The summed E-state index contributed by atoms with van der Waals surface area (Å²) >= 11 is 11.9. The first kappa shape index (κ1) is 13.2. The molecule has 1 aromatic carbocycles. The van der Waals surface area contributed by atoms with Gasteiger partial charge in [0.15, 0.2) is 0 Å². The van der Waals surface area contributed by atoms with Crippen molar-refractivity contribution in [1.82, 2.24) is 0 Å². The van der Waals surface area contributed by atoms with E-state index in [1.54, 1.807) is 0 Å². The molecule has 1 fully saturated rings. The molecular weight excluding hydrogens is 309 g/mol. The molecule has 2 N–H and O–H groups in total. The molecule has 1 heterocycles. The van der Waals surface area contributed by atoms with Gasteiger partial charge in [0.05, 0.1) is 10.7 Å². The average molecular weight is 320 g/mol. The molecule has 102 valence electrons. The third-order valence-corrected chi connectivity index (χ3v) is 5.44. The largest absolute Gasteiger partial charge is 0.287 e. The van der Waals surface area contributed by atoms with Crippen LogP contribution in [0.25, 0.3) is 0 Å². The zero-order valence-corrected chi connectivity index (χ0v) is 12.1. The van der Waals surface area contributed by atoms with Gasteiger partial charge in [-0.05, 0) is 25.0 Å². The molecule has 19 heavy (non-hydrogen) atoms. The van der Waals surface area contributed by atoms with Crippen LogP contribution in [0.4, 0.5) is 5.69 Å². The van der Waals surface area contributed by atoms with Crippen molar-refractivity contribution in [2.24, 2.45) is 16.2 Å². The van der Waals surface area contributed by atoms with Gasteiger partial charge in [-0.15, -0.1) is 4.40 Å². The molecule has 0 unspecified atom stereocenters. The minimum Gasteiger partial charge on any atom is -0.263 e. The Balaban J connectivity index is 2.22. The van der Waals surface area contributed by atoms with Crippen molar-refractivity contribution >= 4 is 44.7 Å². The lowest BCUT2D eigenvalue weighted by Gasteiger charge is -2.35. The SMILES string of the molecule is NN1C(C2CCC2)=NS(=O)(=O)c2c(Cl)cc(Cl)cc21. The van der Waals surface area contributed by atoms with Crippen molar-refractivity contribution in [3.63, 3.8) is 0 Å². The lowest BCUT2D eigenvalue weighted by atomic mass is 9.84. The summed E-state index contributed by atoms with van der Waals surface area (Å²) in [6.45, 7) is 0. The Bertz CT molecular complexity index is 683. The summed E-state index contributed by atoms with van der Waals surface area (Å²) in [5.41, 5.74) is 0.286. The predicted molar refractivity (Wildman–Crippen MR) is 75.1 cm³/mol. The monoisotopic (exact) mass is 319 g/mol. The highest BCUT2D eigenvalue weighted by Crippen LogP contribution is 2.41. The predicted octanol–water partition coefficient (Wildman–Crippen LogP) is 2.57. The van der Waals surface area contributed by atoms with Crippen LogP contribution in [0.5, 0.6) is 0 Å². The van der Waals surface area contributed by atoms with Gasteiger partial charge in [-0.1, -0.05) is 29.6 Å². The number of halogens is 2. The van der Waals surface area contributed by atoms with Gasteiger partial charge in [-0.25, -0.2) is 5.84 Å². The van der Waals surface area contributed by atoms with Crippen molar-refractivity contribution < 1.29 is 8.42 Å². The van der Waals surface area contributed by atoms with E-state index >= 15 is 0 Å². The number of anilines is 1. The minimum absolute atomic E-state index is 0.0364. The molecule has 1 aliphatic carbocycles. The molecule has 0 saturated heterocycles. The molecule has 1 aliphatic heterocycles. The van der Waals surface area contributed by atoms with Gasteiger partial charge in [0.25, 0.3) is 10.0 Å². The van der Waals surface area contributed by atoms with Gasteiger partial charge in [0, 0.05) is 10.9 Å². The molecular formula is C11H11Cl2N3O2S. The van der Waals surface area contributed by atoms with Crippen molar-refractivity contribution in [2.45, 2.75) is 24.2 Å². The number of nitrogens with two attached hydrogens (primary N) is 1. The van der Waals surface area contributed by atoms with E-state index in [1.165, 1.54) is 17.1 Å². The Hall–Kier alpha value is -0.820.